The topological polar surface area (TPSA) is 82.8 Å². The van der Waals surface area contributed by atoms with Crippen LogP contribution in [0.25, 0.3) is 10.9 Å². The van der Waals surface area contributed by atoms with Crippen molar-refractivity contribution >= 4 is 16.9 Å². The lowest BCUT2D eigenvalue weighted by molar-refractivity contribution is -0.152. The first-order valence-corrected chi connectivity index (χ1v) is 16.7. The van der Waals surface area contributed by atoms with Crippen molar-refractivity contribution in [3.05, 3.63) is 117 Å². The molecule has 8 heteroatoms. The number of aromatic nitrogens is 2. The highest BCUT2D eigenvalue weighted by Gasteiger charge is 2.35. The van der Waals surface area contributed by atoms with E-state index >= 15 is 0 Å². The summed E-state index contributed by atoms with van der Waals surface area (Å²) in [6.45, 7) is 8.59. The van der Waals surface area contributed by atoms with Gasteiger partial charge in [-0.3, -0.25) is 9.36 Å². The molecule has 1 aliphatic heterocycles. The van der Waals surface area contributed by atoms with Crippen molar-refractivity contribution < 1.29 is 14.3 Å². The molecular formula is C38H47N3O5. The molecule has 0 bridgehead atoms. The zero-order valence-electron chi connectivity index (χ0n) is 27.4. The summed E-state index contributed by atoms with van der Waals surface area (Å²) in [4.78, 5) is 42.3. The van der Waals surface area contributed by atoms with E-state index in [4.69, 9.17) is 9.47 Å². The van der Waals surface area contributed by atoms with Gasteiger partial charge in [0.05, 0.1) is 23.6 Å². The molecule has 1 aliphatic rings. The van der Waals surface area contributed by atoms with Crippen molar-refractivity contribution in [2.45, 2.75) is 83.6 Å². The molecule has 4 aromatic rings. The number of benzene rings is 3. The first-order chi connectivity index (χ1) is 22.3. The van der Waals surface area contributed by atoms with Crippen LogP contribution in [0.2, 0.25) is 0 Å². The van der Waals surface area contributed by atoms with Gasteiger partial charge < -0.3 is 14.4 Å². The minimum Gasteiger partial charge on any atom is -0.464 e. The van der Waals surface area contributed by atoms with Gasteiger partial charge in [0.2, 0.25) is 0 Å². The number of para-hydroxylation sites is 1. The molecule has 0 unspecified atom stereocenters. The fraction of sp³-hybridized carbons (Fsp3) is 0.447. The average Bonchev–Trinajstić information content (AvgIpc) is 3.08. The summed E-state index contributed by atoms with van der Waals surface area (Å²) in [6.07, 6.45) is 6.13. The van der Waals surface area contributed by atoms with E-state index < -0.39 is 22.8 Å². The van der Waals surface area contributed by atoms with Crippen molar-refractivity contribution in [2.24, 2.45) is 0 Å². The van der Waals surface area contributed by atoms with Gasteiger partial charge in [0.15, 0.2) is 0 Å². The first-order valence-electron chi connectivity index (χ1n) is 16.7. The second-order valence-corrected chi connectivity index (χ2v) is 12.7. The Labute approximate surface area is 271 Å². The molecule has 0 N–H and O–H groups in total. The van der Waals surface area contributed by atoms with Gasteiger partial charge in [0.25, 0.3) is 5.56 Å². The number of hydrogen-bond donors (Lipinski definition) is 0. The molecule has 3 aromatic carbocycles. The molecule has 0 saturated carbocycles. The molecule has 0 spiro atoms. The number of unbranched alkanes of at least 4 members (excludes halogenated alkanes) is 3. The van der Waals surface area contributed by atoms with Gasteiger partial charge in [-0.25, -0.2) is 14.2 Å². The maximum Gasteiger partial charge on any atom is 0.332 e. The molecule has 1 fully saturated rings. The van der Waals surface area contributed by atoms with E-state index in [9.17, 15) is 14.4 Å². The van der Waals surface area contributed by atoms with Crippen LogP contribution in [0.1, 0.15) is 76.5 Å². The average molecular weight is 626 g/mol. The van der Waals surface area contributed by atoms with Crippen LogP contribution in [0.15, 0.2) is 94.5 Å². The molecule has 0 radical (unpaired) electrons. The van der Waals surface area contributed by atoms with E-state index in [0.29, 0.717) is 17.4 Å². The lowest BCUT2D eigenvalue weighted by Gasteiger charge is -2.34. The third-order valence-corrected chi connectivity index (χ3v) is 9.06. The van der Waals surface area contributed by atoms with Crippen LogP contribution in [0.3, 0.4) is 0 Å². The molecule has 0 amide bonds. The molecule has 1 saturated heterocycles. The number of piperidine rings is 1. The Bertz CT molecular complexity index is 1650. The molecule has 0 atom stereocenters. The van der Waals surface area contributed by atoms with Gasteiger partial charge in [-0.15, -0.1) is 0 Å². The number of rotatable bonds is 14. The SMILES string of the molecule is CCOC(=O)C(C)(C)n1c(=O)c2ccccc2n(CCCCCCN2CCC(OC(c3ccccc3)c3ccccc3)CC2)c1=O. The van der Waals surface area contributed by atoms with Crippen molar-refractivity contribution in [3.8, 4) is 0 Å². The lowest BCUT2D eigenvalue weighted by atomic mass is 10.00. The highest BCUT2D eigenvalue weighted by molar-refractivity contribution is 5.80. The Kier molecular flexibility index (Phi) is 11.3. The molecular weight excluding hydrogens is 578 g/mol. The Morgan fingerprint density at radius 3 is 1.98 bits per heavy atom. The molecule has 8 nitrogen and oxygen atoms in total. The summed E-state index contributed by atoms with van der Waals surface area (Å²) in [5.41, 5.74) is 0.604. The molecule has 1 aromatic heterocycles. The number of aryl methyl sites for hydroxylation is 1. The lowest BCUT2D eigenvalue weighted by Crippen LogP contribution is -2.53. The summed E-state index contributed by atoms with van der Waals surface area (Å²) < 4.78 is 14.6. The van der Waals surface area contributed by atoms with Gasteiger partial charge >= 0.3 is 11.7 Å². The smallest absolute Gasteiger partial charge is 0.332 e. The first kappa shape index (κ1) is 33.4. The number of ether oxygens (including phenoxy) is 2. The number of carbonyl (C=O) groups is 1. The third-order valence-electron chi connectivity index (χ3n) is 9.06. The summed E-state index contributed by atoms with van der Waals surface area (Å²) in [5, 5.41) is 0.422. The van der Waals surface area contributed by atoms with Crippen molar-refractivity contribution in [1.82, 2.24) is 14.0 Å². The fourth-order valence-corrected chi connectivity index (χ4v) is 6.45. The minimum absolute atomic E-state index is 0.0564. The minimum atomic E-state index is -1.42. The van der Waals surface area contributed by atoms with Crippen LogP contribution in [-0.2, 0) is 26.4 Å². The normalized spacial score (nSPS) is 14.6. The van der Waals surface area contributed by atoms with Crippen LogP contribution in [0.4, 0.5) is 0 Å². The van der Waals surface area contributed by atoms with E-state index in [0.717, 1.165) is 62.7 Å². The number of hydrogen-bond acceptors (Lipinski definition) is 6. The number of nitrogens with zero attached hydrogens (tertiary/aromatic N) is 3. The Hall–Kier alpha value is -4.01. The predicted molar refractivity (Wildman–Crippen MR) is 182 cm³/mol. The highest BCUT2D eigenvalue weighted by Crippen LogP contribution is 2.30. The Morgan fingerprint density at radius 2 is 1.37 bits per heavy atom. The highest BCUT2D eigenvalue weighted by atomic mass is 16.5. The zero-order valence-corrected chi connectivity index (χ0v) is 27.4. The van der Waals surface area contributed by atoms with E-state index in [2.05, 4.69) is 53.4 Å². The summed E-state index contributed by atoms with van der Waals surface area (Å²) >= 11 is 0. The van der Waals surface area contributed by atoms with Crippen LogP contribution in [-0.4, -0.2) is 52.3 Å². The second kappa shape index (κ2) is 15.5. The van der Waals surface area contributed by atoms with Crippen LogP contribution in [0.5, 0.6) is 0 Å². The van der Waals surface area contributed by atoms with Crippen molar-refractivity contribution in [2.75, 3.05) is 26.2 Å². The Morgan fingerprint density at radius 1 is 0.804 bits per heavy atom. The van der Waals surface area contributed by atoms with E-state index in [1.807, 2.05) is 18.2 Å². The number of fused-ring (bicyclic) bond motifs is 1. The maximum absolute atomic E-state index is 13.6. The van der Waals surface area contributed by atoms with Gasteiger partial charge in [-0.05, 0) is 76.3 Å². The largest absolute Gasteiger partial charge is 0.464 e. The number of likely N-dealkylation sites (tertiary alicyclic amines) is 1. The third kappa shape index (κ3) is 7.68. The van der Waals surface area contributed by atoms with Crippen LogP contribution in [0, 0.1) is 0 Å². The molecule has 244 valence electrons. The Balaban J connectivity index is 1.12. The summed E-state index contributed by atoms with van der Waals surface area (Å²) in [5.74, 6) is -0.598. The van der Waals surface area contributed by atoms with Gasteiger partial charge in [-0.1, -0.05) is 85.6 Å². The number of carbonyl (C=O) groups excluding carboxylic acids is 1. The van der Waals surface area contributed by atoms with E-state index in [1.54, 1.807) is 43.5 Å². The van der Waals surface area contributed by atoms with Crippen molar-refractivity contribution in [1.29, 1.82) is 0 Å². The second-order valence-electron chi connectivity index (χ2n) is 12.7. The van der Waals surface area contributed by atoms with Crippen LogP contribution < -0.4 is 11.2 Å². The standard InChI is InChI=1S/C38H47N3O5/c1-4-45-36(43)38(2,3)41-35(42)32-21-13-14-22-33(32)40(37(41)44)26-16-6-5-15-25-39-27-23-31(24-28-39)46-34(29-17-9-7-10-18-29)30-19-11-8-12-20-30/h7-14,17-22,31,34H,4-6,15-16,23-28H2,1-3H3. The maximum atomic E-state index is 13.6. The monoisotopic (exact) mass is 625 g/mol. The van der Waals surface area contributed by atoms with E-state index in [1.165, 1.54) is 11.1 Å². The van der Waals surface area contributed by atoms with Gasteiger partial charge in [-0.2, -0.15) is 0 Å². The fourth-order valence-electron chi connectivity index (χ4n) is 6.45. The molecule has 5 rings (SSSR count). The predicted octanol–water partition coefficient (Wildman–Crippen LogP) is 6.29. The van der Waals surface area contributed by atoms with Crippen molar-refractivity contribution in [3.63, 3.8) is 0 Å². The summed E-state index contributed by atoms with van der Waals surface area (Å²) in [7, 11) is 0. The molecule has 2 heterocycles. The zero-order chi connectivity index (χ0) is 32.5. The van der Waals surface area contributed by atoms with E-state index in [-0.39, 0.29) is 18.8 Å². The molecule has 0 aliphatic carbocycles. The summed E-state index contributed by atoms with van der Waals surface area (Å²) in [6, 6.07) is 28.1. The quantitative estimate of drug-likeness (QED) is 0.121. The van der Waals surface area contributed by atoms with Gasteiger partial charge in [0.1, 0.15) is 11.6 Å². The van der Waals surface area contributed by atoms with Gasteiger partial charge in [0, 0.05) is 19.6 Å². The number of esters is 1. The van der Waals surface area contributed by atoms with Crippen LogP contribution >= 0.6 is 0 Å². The molecule has 46 heavy (non-hydrogen) atoms.